The zero-order valence-electron chi connectivity index (χ0n) is 39.0. The number of fused-ring (bicyclic) bond motifs is 6. The van der Waals surface area contributed by atoms with Gasteiger partial charge in [0.1, 0.15) is 23.1 Å². The first-order valence-electron chi connectivity index (χ1n) is 22.4. The van der Waals surface area contributed by atoms with E-state index in [1.807, 2.05) is 24.3 Å². The quantitative estimate of drug-likeness (QED) is 0.183. The van der Waals surface area contributed by atoms with E-state index >= 15 is 0 Å². The summed E-state index contributed by atoms with van der Waals surface area (Å²) in [6, 6.07) is 22.1. The molecule has 0 amide bonds. The highest BCUT2D eigenvalue weighted by Crippen LogP contribution is 2.42. The molecular weight excluding hydrogens is 629 g/mol. The van der Waals surface area contributed by atoms with Gasteiger partial charge in [-0.15, -0.1) is 11.3 Å². The second-order valence-corrected chi connectivity index (χ2v) is 12.8. The molecule has 0 saturated heterocycles. The van der Waals surface area contributed by atoms with Gasteiger partial charge in [-0.05, 0) is 81.6 Å². The number of allylic oxidation sites excluding steroid dienone is 4. The number of thiophene rings is 1. The molecule has 6 aromatic carbocycles. The highest BCUT2D eigenvalue weighted by Gasteiger charge is 2.18. The van der Waals surface area contributed by atoms with Gasteiger partial charge in [-0.25, -0.2) is 9.97 Å². The topological polar surface area (TPSA) is 38.9 Å². The lowest BCUT2D eigenvalue weighted by atomic mass is 9.89. The summed E-state index contributed by atoms with van der Waals surface area (Å²) in [5, 5.41) is 2.89. The van der Waals surface area contributed by atoms with E-state index in [0.29, 0.717) is 27.8 Å². The Hall–Kier alpha value is -6.10. The molecular formula is C46H30N2OS. The number of aromatic nitrogens is 2. The molecule has 0 bridgehead atoms. The first kappa shape index (κ1) is 18.6. The molecule has 1 unspecified atom stereocenters. The van der Waals surface area contributed by atoms with Gasteiger partial charge in [0.2, 0.25) is 0 Å². The minimum atomic E-state index is -2.74. The average Bonchev–Trinajstić information content (AvgIpc) is 3.85. The Balaban J connectivity index is 1.09. The van der Waals surface area contributed by atoms with E-state index in [4.69, 9.17) is 20.9 Å². The predicted octanol–water partition coefficient (Wildman–Crippen LogP) is 13.0. The van der Waals surface area contributed by atoms with Crippen molar-refractivity contribution in [2.75, 3.05) is 0 Å². The molecule has 0 fully saturated rings. The van der Waals surface area contributed by atoms with Gasteiger partial charge in [-0.3, -0.25) is 0 Å². The zero-order valence-corrected chi connectivity index (χ0v) is 26.8. The third-order valence-corrected chi connectivity index (χ3v) is 10.00. The lowest BCUT2D eigenvalue weighted by Gasteiger charge is -2.15. The number of benzene rings is 6. The SMILES string of the molecule is [2H]C1=C(c2cc([2H])c(-c3c([2H])c([2H])c([2H])c([2H])c3[2H])c([2H])c2[2H])C([2H])([2H])C([2H])C([2H])=C1c1ccc2oc3c(-c4cccc(-c5cccc6c5sc5ccccc56)c4)ncnc3c2c1. The summed E-state index contributed by atoms with van der Waals surface area (Å²) in [5.41, 5.74) is 3.07. The maximum Gasteiger partial charge on any atom is 0.180 e. The van der Waals surface area contributed by atoms with Crippen LogP contribution in [0.15, 0.2) is 162 Å². The van der Waals surface area contributed by atoms with Crippen molar-refractivity contribution in [3.05, 3.63) is 169 Å². The van der Waals surface area contributed by atoms with Crippen molar-refractivity contribution in [2.45, 2.75) is 12.8 Å². The molecule has 1 atom stereocenters. The van der Waals surface area contributed by atoms with E-state index in [9.17, 15) is 1.37 Å². The monoisotopic (exact) mass is 671 g/mol. The fourth-order valence-electron chi connectivity index (χ4n) is 6.41. The van der Waals surface area contributed by atoms with Gasteiger partial charge < -0.3 is 4.42 Å². The molecule has 3 heterocycles. The van der Waals surface area contributed by atoms with Gasteiger partial charge in [0.05, 0.1) is 13.7 Å². The van der Waals surface area contributed by atoms with Gasteiger partial charge >= 0.3 is 0 Å². The minimum absolute atomic E-state index is 0.110. The van der Waals surface area contributed by atoms with Gasteiger partial charge in [0, 0.05) is 35.2 Å². The highest BCUT2D eigenvalue weighted by atomic mass is 32.1. The van der Waals surface area contributed by atoms with Crippen molar-refractivity contribution < 1.29 is 22.2 Å². The standard InChI is InChI=1S/C46H30N2OS/c1-2-9-29(10-3-1)30-19-21-31(22-20-30)32-11-6-12-33(25-32)34-23-24-41-40(27-34)44-45(49-41)43(47-28-48-44)36-14-7-13-35(26-36)37-16-8-17-39-38-15-4-5-18-42(38)50-46(37)39/h1-5,7-10,12-28H,6,11H2/i1D,2D,3D,6D,9D,10D,11D2,12D,19D,20D,21D,25D. The van der Waals surface area contributed by atoms with Crippen LogP contribution in [-0.4, -0.2) is 9.97 Å². The molecule has 3 nitrogen and oxygen atoms in total. The van der Waals surface area contributed by atoms with Crippen molar-refractivity contribution >= 4 is 64.7 Å². The Morgan fingerprint density at radius 2 is 1.50 bits per heavy atom. The van der Waals surface area contributed by atoms with Gasteiger partial charge in [-0.2, -0.15) is 0 Å². The molecule has 0 radical (unpaired) electrons. The molecule has 1 aliphatic carbocycles. The molecule has 236 valence electrons. The van der Waals surface area contributed by atoms with Gasteiger partial charge in [-0.1, -0.05) is 127 Å². The fraction of sp³-hybridized carbons (Fsp3) is 0.0435. The zero-order chi connectivity index (χ0) is 44.4. The van der Waals surface area contributed by atoms with E-state index < -0.39 is 89.9 Å². The van der Waals surface area contributed by atoms with Crippen LogP contribution in [0.3, 0.4) is 0 Å². The molecule has 0 saturated carbocycles. The third-order valence-electron chi connectivity index (χ3n) is 8.78. The van der Waals surface area contributed by atoms with Crippen LogP contribution in [0.2, 0.25) is 0 Å². The maximum atomic E-state index is 9.39. The molecule has 0 spiro atoms. The van der Waals surface area contributed by atoms with Gasteiger partial charge in [0.15, 0.2) is 5.58 Å². The Labute approximate surface area is 311 Å². The predicted molar refractivity (Wildman–Crippen MR) is 210 cm³/mol. The molecule has 1 aliphatic rings. The van der Waals surface area contributed by atoms with Crippen LogP contribution in [0.4, 0.5) is 0 Å². The maximum absolute atomic E-state index is 9.39. The summed E-state index contributed by atoms with van der Waals surface area (Å²) >= 11 is 1.74. The first-order valence-corrected chi connectivity index (χ1v) is 16.6. The summed E-state index contributed by atoms with van der Waals surface area (Å²) in [6.07, 6.45) is -3.20. The Bertz CT molecular complexity index is 3510. The lowest BCUT2D eigenvalue weighted by molar-refractivity contribution is 0.667. The Morgan fingerprint density at radius 3 is 2.46 bits per heavy atom. The van der Waals surface area contributed by atoms with E-state index in [-0.39, 0.29) is 16.7 Å². The number of nitrogens with zero attached hydrogens (tertiary/aromatic N) is 2. The normalized spacial score (nSPS) is 19.8. The lowest BCUT2D eigenvalue weighted by Crippen LogP contribution is -1.93. The number of hydrogen-bond donors (Lipinski definition) is 0. The smallest absolute Gasteiger partial charge is 0.180 e. The van der Waals surface area contributed by atoms with E-state index in [2.05, 4.69) is 52.4 Å². The Morgan fingerprint density at radius 1 is 0.660 bits per heavy atom. The molecule has 4 heteroatoms. The second kappa shape index (κ2) is 11.8. The van der Waals surface area contributed by atoms with Crippen LogP contribution in [0.25, 0.3) is 86.9 Å². The van der Waals surface area contributed by atoms with E-state index in [1.54, 1.807) is 29.5 Å². The third kappa shape index (κ3) is 4.88. The van der Waals surface area contributed by atoms with Crippen molar-refractivity contribution in [1.29, 1.82) is 0 Å². The minimum Gasteiger partial charge on any atom is -0.452 e. The van der Waals surface area contributed by atoms with Crippen LogP contribution in [0.1, 0.15) is 41.7 Å². The van der Waals surface area contributed by atoms with Crippen LogP contribution in [0, 0.1) is 0 Å². The number of rotatable bonds is 5. The molecule has 50 heavy (non-hydrogen) atoms. The molecule has 3 aromatic heterocycles. The van der Waals surface area contributed by atoms with Crippen molar-refractivity contribution in [2.24, 2.45) is 0 Å². The van der Waals surface area contributed by atoms with Crippen molar-refractivity contribution in [1.82, 2.24) is 9.97 Å². The molecule has 9 aromatic rings. The summed E-state index contributed by atoms with van der Waals surface area (Å²) < 4.78 is 122. The fourth-order valence-corrected chi connectivity index (χ4v) is 7.65. The second-order valence-electron chi connectivity index (χ2n) is 11.7. The summed E-state index contributed by atoms with van der Waals surface area (Å²) in [4.78, 5) is 9.21. The number of hydrogen-bond acceptors (Lipinski definition) is 4. The Kier molecular flexibility index (Phi) is 4.39. The first-order chi connectivity index (χ1) is 30.1. The van der Waals surface area contributed by atoms with E-state index in [0.717, 1.165) is 22.8 Å². The molecule has 10 rings (SSSR count). The van der Waals surface area contributed by atoms with Crippen LogP contribution in [0.5, 0.6) is 0 Å². The summed E-state index contributed by atoms with van der Waals surface area (Å²) in [5.74, 6) is 0. The average molecular weight is 672 g/mol. The number of furan rings is 1. The van der Waals surface area contributed by atoms with Crippen molar-refractivity contribution in [3.8, 4) is 33.5 Å². The summed E-state index contributed by atoms with van der Waals surface area (Å²) in [7, 11) is 0. The van der Waals surface area contributed by atoms with Crippen LogP contribution >= 0.6 is 11.3 Å². The van der Waals surface area contributed by atoms with Crippen molar-refractivity contribution in [3.63, 3.8) is 0 Å². The van der Waals surface area contributed by atoms with E-state index in [1.165, 1.54) is 26.5 Å². The van der Waals surface area contributed by atoms with Gasteiger partial charge in [0.25, 0.3) is 0 Å². The van der Waals surface area contributed by atoms with Crippen LogP contribution < -0.4 is 0 Å². The molecule has 0 aliphatic heterocycles. The molecule has 0 N–H and O–H groups in total. The largest absolute Gasteiger partial charge is 0.452 e. The van der Waals surface area contributed by atoms with Crippen LogP contribution in [-0.2, 0) is 0 Å². The summed E-state index contributed by atoms with van der Waals surface area (Å²) in [6.45, 7) is 0. The highest BCUT2D eigenvalue weighted by molar-refractivity contribution is 7.26.